The average Bonchev–Trinajstić information content (AvgIpc) is 2.04. The maximum atomic E-state index is 3.32. The summed E-state index contributed by atoms with van der Waals surface area (Å²) in [6, 6.07) is 0. The molecule has 1 N–H and O–H groups in total. The van der Waals surface area contributed by atoms with Crippen LogP contribution in [0.4, 0.5) is 0 Å². The maximum absolute atomic E-state index is 3.32. The predicted molar refractivity (Wildman–Crippen MR) is 60.9 cm³/mol. The molecular formula is C12H27N. The van der Waals surface area contributed by atoms with Gasteiger partial charge in [-0.3, -0.25) is 0 Å². The molecule has 0 amide bonds. The Morgan fingerprint density at radius 2 is 1.77 bits per heavy atom. The summed E-state index contributed by atoms with van der Waals surface area (Å²) in [7, 11) is 2.05. The van der Waals surface area contributed by atoms with E-state index in [1.54, 1.807) is 0 Å². The van der Waals surface area contributed by atoms with Gasteiger partial charge in [-0.15, -0.1) is 0 Å². The molecule has 0 rings (SSSR count). The molecule has 0 radical (unpaired) electrons. The first kappa shape index (κ1) is 13.0. The molecule has 0 aromatic carbocycles. The second-order valence-corrected chi connectivity index (χ2v) is 5.06. The minimum Gasteiger partial charge on any atom is -0.319 e. The van der Waals surface area contributed by atoms with Gasteiger partial charge >= 0.3 is 0 Å². The topological polar surface area (TPSA) is 12.0 Å². The normalized spacial score (nSPS) is 18.7. The molecule has 0 saturated heterocycles. The summed E-state index contributed by atoms with van der Waals surface area (Å²) in [5.74, 6) is 1.61. The van der Waals surface area contributed by atoms with Crippen molar-refractivity contribution in [1.29, 1.82) is 0 Å². The van der Waals surface area contributed by atoms with Gasteiger partial charge < -0.3 is 5.32 Å². The summed E-state index contributed by atoms with van der Waals surface area (Å²) in [6.07, 6.45) is 2.63. The molecule has 0 saturated carbocycles. The van der Waals surface area contributed by atoms with E-state index in [0.717, 1.165) is 18.4 Å². The van der Waals surface area contributed by atoms with E-state index in [2.05, 4.69) is 47.0 Å². The lowest BCUT2D eigenvalue weighted by Crippen LogP contribution is -2.35. The first-order chi connectivity index (χ1) is 5.96. The summed E-state index contributed by atoms with van der Waals surface area (Å²) < 4.78 is 0. The minimum atomic E-state index is 0.462. The molecule has 0 spiro atoms. The van der Waals surface area contributed by atoms with Gasteiger partial charge in [0.05, 0.1) is 0 Å². The largest absolute Gasteiger partial charge is 0.319 e. The van der Waals surface area contributed by atoms with Crippen LogP contribution in [0.5, 0.6) is 0 Å². The first-order valence-electron chi connectivity index (χ1n) is 5.60. The van der Waals surface area contributed by atoms with Crippen molar-refractivity contribution in [3.63, 3.8) is 0 Å². The van der Waals surface area contributed by atoms with Gasteiger partial charge in [0.1, 0.15) is 0 Å². The fraction of sp³-hybridized carbons (Fsp3) is 1.00. The van der Waals surface area contributed by atoms with E-state index in [-0.39, 0.29) is 0 Å². The van der Waals surface area contributed by atoms with Gasteiger partial charge in [0.25, 0.3) is 0 Å². The Morgan fingerprint density at radius 3 is 2.08 bits per heavy atom. The second-order valence-electron chi connectivity index (χ2n) is 5.06. The van der Waals surface area contributed by atoms with E-state index < -0.39 is 0 Å². The van der Waals surface area contributed by atoms with E-state index in [4.69, 9.17) is 0 Å². The molecule has 0 fully saturated rings. The molecule has 13 heavy (non-hydrogen) atoms. The van der Waals surface area contributed by atoms with Crippen LogP contribution in [0, 0.1) is 17.3 Å². The molecule has 0 heterocycles. The molecule has 0 bridgehead atoms. The van der Waals surface area contributed by atoms with Gasteiger partial charge in [-0.1, -0.05) is 41.0 Å². The van der Waals surface area contributed by atoms with E-state index >= 15 is 0 Å². The molecule has 0 aliphatic heterocycles. The molecule has 0 aromatic rings. The van der Waals surface area contributed by atoms with Crippen molar-refractivity contribution in [2.75, 3.05) is 13.6 Å². The molecule has 1 nitrogen and oxygen atoms in total. The van der Waals surface area contributed by atoms with Crippen LogP contribution in [-0.2, 0) is 0 Å². The highest BCUT2D eigenvalue weighted by molar-refractivity contribution is 4.81. The smallest absolute Gasteiger partial charge is 0.000471 e. The average molecular weight is 185 g/mol. The Labute approximate surface area is 84.3 Å². The zero-order valence-electron chi connectivity index (χ0n) is 10.3. The zero-order chi connectivity index (χ0) is 10.5. The Kier molecular flexibility index (Phi) is 5.62. The van der Waals surface area contributed by atoms with Gasteiger partial charge in [-0.2, -0.15) is 0 Å². The van der Waals surface area contributed by atoms with Gasteiger partial charge in [0.2, 0.25) is 0 Å². The summed E-state index contributed by atoms with van der Waals surface area (Å²) in [6.45, 7) is 12.8. The molecule has 0 aliphatic rings. The summed E-state index contributed by atoms with van der Waals surface area (Å²) in [5, 5.41) is 3.32. The van der Waals surface area contributed by atoms with Gasteiger partial charge in [0, 0.05) is 6.54 Å². The second kappa shape index (κ2) is 5.64. The van der Waals surface area contributed by atoms with E-state index in [1.165, 1.54) is 12.8 Å². The van der Waals surface area contributed by atoms with Crippen LogP contribution in [0.2, 0.25) is 0 Å². The minimum absolute atomic E-state index is 0.462. The Morgan fingerprint density at radius 1 is 1.23 bits per heavy atom. The van der Waals surface area contributed by atoms with Crippen molar-refractivity contribution in [3.8, 4) is 0 Å². The summed E-state index contributed by atoms with van der Waals surface area (Å²) in [5.41, 5.74) is 0.462. The van der Waals surface area contributed by atoms with Crippen molar-refractivity contribution in [3.05, 3.63) is 0 Å². The molecule has 2 unspecified atom stereocenters. The molecular weight excluding hydrogens is 158 g/mol. The van der Waals surface area contributed by atoms with E-state index in [0.29, 0.717) is 5.41 Å². The van der Waals surface area contributed by atoms with E-state index in [9.17, 15) is 0 Å². The van der Waals surface area contributed by atoms with Crippen molar-refractivity contribution in [2.45, 2.75) is 47.5 Å². The zero-order valence-corrected chi connectivity index (χ0v) is 10.3. The van der Waals surface area contributed by atoms with Crippen molar-refractivity contribution < 1.29 is 0 Å². The first-order valence-corrected chi connectivity index (χ1v) is 5.60. The van der Waals surface area contributed by atoms with Crippen molar-refractivity contribution in [1.82, 2.24) is 5.32 Å². The van der Waals surface area contributed by atoms with Crippen molar-refractivity contribution in [2.24, 2.45) is 17.3 Å². The SMILES string of the molecule is CCC(C)CC(C)(CNC)C(C)C. The third kappa shape index (κ3) is 4.12. The number of hydrogen-bond acceptors (Lipinski definition) is 1. The van der Waals surface area contributed by atoms with Crippen LogP contribution in [0.3, 0.4) is 0 Å². The highest BCUT2D eigenvalue weighted by atomic mass is 14.8. The Bertz CT molecular complexity index is 131. The summed E-state index contributed by atoms with van der Waals surface area (Å²) >= 11 is 0. The monoisotopic (exact) mass is 185 g/mol. The van der Waals surface area contributed by atoms with Crippen LogP contribution in [-0.4, -0.2) is 13.6 Å². The molecule has 0 aliphatic carbocycles. The lowest BCUT2D eigenvalue weighted by atomic mass is 9.72. The Balaban J connectivity index is 4.23. The number of nitrogens with one attached hydrogen (secondary N) is 1. The predicted octanol–water partition coefficient (Wildman–Crippen LogP) is 3.30. The quantitative estimate of drug-likeness (QED) is 0.669. The maximum Gasteiger partial charge on any atom is 0.000471 e. The third-order valence-electron chi connectivity index (χ3n) is 3.49. The number of rotatable bonds is 6. The lowest BCUT2D eigenvalue weighted by Gasteiger charge is -2.36. The molecule has 2 atom stereocenters. The highest BCUT2D eigenvalue weighted by Crippen LogP contribution is 2.34. The van der Waals surface area contributed by atoms with Crippen molar-refractivity contribution >= 4 is 0 Å². The third-order valence-corrected chi connectivity index (χ3v) is 3.49. The van der Waals surface area contributed by atoms with Gasteiger partial charge in [-0.25, -0.2) is 0 Å². The Hall–Kier alpha value is -0.0400. The highest BCUT2D eigenvalue weighted by Gasteiger charge is 2.28. The molecule has 0 aromatic heterocycles. The number of hydrogen-bond donors (Lipinski definition) is 1. The molecule has 80 valence electrons. The standard InChI is InChI=1S/C12H27N/c1-7-11(4)8-12(5,9-13-6)10(2)3/h10-11,13H,7-9H2,1-6H3. The van der Waals surface area contributed by atoms with Crippen LogP contribution >= 0.6 is 0 Å². The van der Waals surface area contributed by atoms with Crippen LogP contribution in [0.1, 0.15) is 47.5 Å². The van der Waals surface area contributed by atoms with Crippen LogP contribution in [0.25, 0.3) is 0 Å². The van der Waals surface area contributed by atoms with Gasteiger partial charge in [0.15, 0.2) is 0 Å². The fourth-order valence-corrected chi connectivity index (χ4v) is 1.86. The lowest BCUT2D eigenvalue weighted by molar-refractivity contribution is 0.164. The van der Waals surface area contributed by atoms with Crippen LogP contribution in [0.15, 0.2) is 0 Å². The molecule has 1 heteroatoms. The van der Waals surface area contributed by atoms with E-state index in [1.807, 2.05) is 0 Å². The van der Waals surface area contributed by atoms with Crippen LogP contribution < -0.4 is 5.32 Å². The fourth-order valence-electron chi connectivity index (χ4n) is 1.86. The van der Waals surface area contributed by atoms with Gasteiger partial charge in [-0.05, 0) is 30.7 Å². The summed E-state index contributed by atoms with van der Waals surface area (Å²) in [4.78, 5) is 0.